The summed E-state index contributed by atoms with van der Waals surface area (Å²) in [4.78, 5) is 28.8. The van der Waals surface area contributed by atoms with Gasteiger partial charge in [0.2, 0.25) is 11.8 Å². The van der Waals surface area contributed by atoms with Crippen LogP contribution in [0.4, 0.5) is 0 Å². The second-order valence-corrected chi connectivity index (χ2v) is 8.54. The third kappa shape index (κ3) is 4.16. The van der Waals surface area contributed by atoms with Gasteiger partial charge in [-0.15, -0.1) is 5.10 Å². The fraction of sp³-hybridized carbons (Fsp3) is 0.320. The van der Waals surface area contributed by atoms with Gasteiger partial charge in [-0.3, -0.25) is 4.79 Å². The Morgan fingerprint density at radius 3 is 2.74 bits per heavy atom. The first kappa shape index (κ1) is 21.8. The van der Waals surface area contributed by atoms with Crippen LogP contribution < -0.4 is 4.74 Å². The van der Waals surface area contributed by atoms with Gasteiger partial charge in [0.1, 0.15) is 17.2 Å². The van der Waals surface area contributed by atoms with Crippen molar-refractivity contribution in [2.24, 2.45) is 0 Å². The zero-order valence-corrected chi connectivity index (χ0v) is 19.5. The van der Waals surface area contributed by atoms with Crippen LogP contribution in [0.1, 0.15) is 35.8 Å². The number of aryl methyl sites for hydroxylation is 2. The second kappa shape index (κ2) is 9.09. The highest BCUT2D eigenvalue weighted by atomic mass is 16.5. The van der Waals surface area contributed by atoms with E-state index in [1.165, 1.54) is 0 Å². The number of hydrogen-bond acceptors (Lipinski definition) is 6. The summed E-state index contributed by atoms with van der Waals surface area (Å²) >= 11 is 0. The van der Waals surface area contributed by atoms with E-state index >= 15 is 0 Å². The molecule has 0 spiro atoms. The largest absolute Gasteiger partial charge is 0.479 e. The van der Waals surface area contributed by atoms with E-state index in [-0.39, 0.29) is 11.8 Å². The van der Waals surface area contributed by atoms with E-state index in [1.807, 2.05) is 71.9 Å². The number of aromatic nitrogens is 6. The molecule has 34 heavy (non-hydrogen) atoms. The molecule has 4 aromatic rings. The average Bonchev–Trinajstić information content (AvgIpc) is 3.50. The Bertz CT molecular complexity index is 1310. The van der Waals surface area contributed by atoms with Gasteiger partial charge >= 0.3 is 0 Å². The number of likely N-dealkylation sites (N-methyl/N-ethyl adjacent to an activating group) is 1. The molecule has 1 aliphatic heterocycles. The smallest absolute Gasteiger partial charge is 0.238 e. The molecule has 1 atom stereocenters. The van der Waals surface area contributed by atoms with Crippen molar-refractivity contribution < 1.29 is 9.53 Å². The topological polar surface area (TPSA) is 91.0 Å². The number of hydrogen-bond donors (Lipinski definition) is 0. The third-order valence-electron chi connectivity index (χ3n) is 6.06. The molecular formula is C25H27N7O2. The number of rotatable bonds is 6. The number of carbonyl (C=O) groups excluding carboxylic acids is 1. The van der Waals surface area contributed by atoms with Crippen LogP contribution in [0, 0.1) is 6.92 Å². The van der Waals surface area contributed by atoms with Crippen LogP contribution in [0.2, 0.25) is 0 Å². The van der Waals surface area contributed by atoms with E-state index in [2.05, 4.69) is 15.1 Å². The number of methoxy groups -OCH3 is 1. The summed E-state index contributed by atoms with van der Waals surface area (Å²) in [7, 11) is 3.43. The number of ether oxygens (including phenoxy) is 1. The molecule has 0 radical (unpaired) electrons. The predicted octanol–water partition coefficient (Wildman–Crippen LogP) is 3.38. The first-order valence-corrected chi connectivity index (χ1v) is 11.3. The van der Waals surface area contributed by atoms with Gasteiger partial charge in [-0.1, -0.05) is 30.3 Å². The molecule has 1 amide bonds. The molecule has 1 aromatic carbocycles. The minimum Gasteiger partial charge on any atom is -0.479 e. The lowest BCUT2D eigenvalue weighted by atomic mass is 9.97. The quantitative estimate of drug-likeness (QED) is 0.441. The highest BCUT2D eigenvalue weighted by molar-refractivity contribution is 5.83. The summed E-state index contributed by atoms with van der Waals surface area (Å²) in [6.07, 6.45) is 5.27. The Hall–Kier alpha value is -4.01. The molecule has 174 valence electrons. The van der Waals surface area contributed by atoms with Crippen LogP contribution in [0.15, 0.2) is 55.0 Å². The zero-order chi connectivity index (χ0) is 23.7. The molecule has 0 unspecified atom stereocenters. The van der Waals surface area contributed by atoms with Crippen molar-refractivity contribution in [3.63, 3.8) is 0 Å². The first-order valence-electron chi connectivity index (χ1n) is 11.3. The van der Waals surface area contributed by atoms with Gasteiger partial charge in [0.25, 0.3) is 0 Å². The van der Waals surface area contributed by atoms with E-state index in [4.69, 9.17) is 9.72 Å². The first-order chi connectivity index (χ1) is 16.5. The maximum atomic E-state index is 13.3. The summed E-state index contributed by atoms with van der Waals surface area (Å²) < 4.78 is 9.25. The lowest BCUT2D eigenvalue weighted by Gasteiger charge is -2.26. The highest BCUT2D eigenvalue weighted by Gasteiger charge is 2.32. The van der Waals surface area contributed by atoms with Crippen molar-refractivity contribution in [3.05, 3.63) is 72.1 Å². The van der Waals surface area contributed by atoms with Crippen LogP contribution in [0.3, 0.4) is 0 Å². The molecule has 3 aromatic heterocycles. The summed E-state index contributed by atoms with van der Waals surface area (Å²) in [6.45, 7) is 3.22. The Morgan fingerprint density at radius 2 is 2.00 bits per heavy atom. The Morgan fingerprint density at radius 1 is 1.18 bits per heavy atom. The molecule has 0 N–H and O–H groups in total. The van der Waals surface area contributed by atoms with Gasteiger partial charge in [0.05, 0.1) is 25.0 Å². The molecule has 9 nitrogen and oxygen atoms in total. The summed E-state index contributed by atoms with van der Waals surface area (Å²) in [5.41, 5.74) is 3.39. The number of carbonyl (C=O) groups is 1. The van der Waals surface area contributed by atoms with Gasteiger partial charge < -0.3 is 14.2 Å². The van der Waals surface area contributed by atoms with Crippen LogP contribution in [-0.2, 0) is 17.9 Å². The number of fused-ring (bicyclic) bond motifs is 1. The minimum atomic E-state index is -0.321. The SMILES string of the molecule is COc1nc(-c2nc3n(n2)CCC[C@@H]3C(=O)N(C)Cc2ccccc2)ccc1-n1cnc(C)c1. The van der Waals surface area contributed by atoms with Gasteiger partial charge in [-0.25, -0.2) is 19.6 Å². The minimum absolute atomic E-state index is 0.0557. The Balaban J connectivity index is 1.41. The number of pyridine rings is 1. The van der Waals surface area contributed by atoms with E-state index in [1.54, 1.807) is 18.3 Å². The molecule has 0 saturated carbocycles. The molecule has 0 fully saturated rings. The number of benzene rings is 1. The van der Waals surface area contributed by atoms with Crippen molar-refractivity contribution in [2.75, 3.05) is 14.2 Å². The van der Waals surface area contributed by atoms with Crippen LogP contribution in [-0.4, -0.2) is 54.3 Å². The van der Waals surface area contributed by atoms with E-state index in [0.29, 0.717) is 29.8 Å². The van der Waals surface area contributed by atoms with E-state index < -0.39 is 0 Å². The number of imidazole rings is 1. The van der Waals surface area contributed by atoms with Gasteiger partial charge in [0.15, 0.2) is 5.82 Å². The molecule has 5 rings (SSSR count). The predicted molar refractivity (Wildman–Crippen MR) is 127 cm³/mol. The molecule has 0 bridgehead atoms. The molecule has 0 aliphatic carbocycles. The Labute approximate surface area is 198 Å². The number of nitrogens with zero attached hydrogens (tertiary/aromatic N) is 7. The average molecular weight is 458 g/mol. The normalized spacial score (nSPS) is 15.1. The van der Waals surface area contributed by atoms with Crippen LogP contribution >= 0.6 is 0 Å². The summed E-state index contributed by atoms with van der Waals surface area (Å²) in [5.74, 6) is 1.38. The molecule has 1 aliphatic rings. The molecular weight excluding hydrogens is 430 g/mol. The van der Waals surface area contributed by atoms with Crippen LogP contribution in [0.5, 0.6) is 5.88 Å². The third-order valence-corrected chi connectivity index (χ3v) is 6.06. The fourth-order valence-electron chi connectivity index (χ4n) is 4.35. The summed E-state index contributed by atoms with van der Waals surface area (Å²) in [5, 5.41) is 4.68. The Kier molecular flexibility index (Phi) is 5.83. The lowest BCUT2D eigenvalue weighted by molar-refractivity contribution is -0.132. The monoisotopic (exact) mass is 457 g/mol. The molecule has 0 saturated heterocycles. The fourth-order valence-corrected chi connectivity index (χ4v) is 4.35. The molecule has 4 heterocycles. The van der Waals surface area contributed by atoms with Gasteiger partial charge in [0, 0.05) is 26.3 Å². The van der Waals surface area contributed by atoms with Gasteiger partial charge in [-0.2, -0.15) is 0 Å². The van der Waals surface area contributed by atoms with Crippen molar-refractivity contribution >= 4 is 5.91 Å². The standard InChI is InChI=1S/C25H27N7O2/c1-17-14-31(16-26-17)21-12-11-20(27-24(21)34-3)22-28-23-19(10-7-13-32(23)29-22)25(33)30(2)15-18-8-5-4-6-9-18/h4-6,8-9,11-12,14,16,19H,7,10,13,15H2,1-3H3/t19-/m0/s1. The van der Waals surface area contributed by atoms with Crippen molar-refractivity contribution in [1.29, 1.82) is 0 Å². The maximum Gasteiger partial charge on any atom is 0.238 e. The number of amides is 1. The second-order valence-electron chi connectivity index (χ2n) is 8.54. The van der Waals surface area contributed by atoms with E-state index in [9.17, 15) is 4.79 Å². The van der Waals surface area contributed by atoms with Crippen molar-refractivity contribution in [1.82, 2.24) is 34.2 Å². The van der Waals surface area contributed by atoms with Crippen molar-refractivity contribution in [3.8, 4) is 23.1 Å². The van der Waals surface area contributed by atoms with E-state index in [0.717, 1.165) is 36.3 Å². The van der Waals surface area contributed by atoms with Crippen molar-refractivity contribution in [2.45, 2.75) is 38.8 Å². The lowest BCUT2D eigenvalue weighted by Crippen LogP contribution is -2.34. The van der Waals surface area contributed by atoms with Crippen LogP contribution in [0.25, 0.3) is 17.2 Å². The summed E-state index contributed by atoms with van der Waals surface area (Å²) in [6, 6.07) is 13.8. The van der Waals surface area contributed by atoms with Gasteiger partial charge in [-0.05, 0) is 37.5 Å². The highest BCUT2D eigenvalue weighted by Crippen LogP contribution is 2.31. The maximum absolute atomic E-state index is 13.3. The molecule has 9 heteroatoms. The zero-order valence-electron chi connectivity index (χ0n) is 19.5.